The predicted molar refractivity (Wildman–Crippen MR) is 77.0 cm³/mol. The summed E-state index contributed by atoms with van der Waals surface area (Å²) in [7, 11) is 1.64. The van der Waals surface area contributed by atoms with Gasteiger partial charge >= 0.3 is 0 Å². The summed E-state index contributed by atoms with van der Waals surface area (Å²) in [6, 6.07) is 7.72. The number of hydrogen-bond donors (Lipinski definition) is 2. The van der Waals surface area contributed by atoms with Gasteiger partial charge in [-0.05, 0) is 43.5 Å². The first-order valence-corrected chi connectivity index (χ1v) is 6.70. The van der Waals surface area contributed by atoms with E-state index in [0.717, 1.165) is 17.7 Å². The molecule has 106 valence electrons. The minimum absolute atomic E-state index is 0.0178. The van der Waals surface area contributed by atoms with Gasteiger partial charge in [0.05, 0.1) is 13.2 Å². The van der Waals surface area contributed by atoms with Crippen molar-refractivity contribution in [1.29, 1.82) is 0 Å². The zero-order valence-electron chi connectivity index (χ0n) is 12.0. The number of carbonyl (C=O) groups is 1. The van der Waals surface area contributed by atoms with Gasteiger partial charge in [0.2, 0.25) is 5.91 Å². The number of carbonyl (C=O) groups excluding carboxylic acids is 1. The summed E-state index contributed by atoms with van der Waals surface area (Å²) in [6.45, 7) is 4.65. The van der Waals surface area contributed by atoms with Crippen LogP contribution in [0.25, 0.3) is 0 Å². The van der Waals surface area contributed by atoms with Gasteiger partial charge in [-0.15, -0.1) is 0 Å². The second kappa shape index (κ2) is 7.79. The quantitative estimate of drug-likeness (QED) is 0.794. The number of nitrogens with two attached hydrogens (primary N) is 1. The fraction of sp³-hybridized carbons (Fsp3) is 0.533. The molecule has 1 aromatic carbocycles. The summed E-state index contributed by atoms with van der Waals surface area (Å²) < 4.78 is 5.18. The van der Waals surface area contributed by atoms with Crippen LogP contribution in [0.5, 0.6) is 5.75 Å². The molecule has 4 nitrogen and oxygen atoms in total. The van der Waals surface area contributed by atoms with Crippen LogP contribution in [0, 0.1) is 5.92 Å². The first kappa shape index (κ1) is 15.5. The van der Waals surface area contributed by atoms with Crippen molar-refractivity contribution in [2.75, 3.05) is 13.7 Å². The minimum atomic E-state index is -0.0178. The number of hydrogen-bond acceptors (Lipinski definition) is 3. The minimum Gasteiger partial charge on any atom is -0.497 e. The van der Waals surface area contributed by atoms with Crippen LogP contribution in [0.4, 0.5) is 0 Å². The second-order valence-electron chi connectivity index (χ2n) is 4.95. The standard InChI is InChI=1S/C15H24N2O2/c1-11(10-16)7-8-15(18)17-12(2)13-5-4-6-14(9-13)19-3/h4-6,9,11-12H,7-8,10,16H2,1-3H3,(H,17,18)/t11?,12-/m0/s1. The van der Waals surface area contributed by atoms with E-state index in [0.29, 0.717) is 18.9 Å². The highest BCUT2D eigenvalue weighted by molar-refractivity contribution is 5.76. The zero-order chi connectivity index (χ0) is 14.3. The fourth-order valence-corrected chi connectivity index (χ4v) is 1.80. The summed E-state index contributed by atoms with van der Waals surface area (Å²) in [5.74, 6) is 1.25. The molecule has 0 aliphatic carbocycles. The maximum absolute atomic E-state index is 11.8. The maximum atomic E-state index is 11.8. The Morgan fingerprint density at radius 2 is 2.16 bits per heavy atom. The van der Waals surface area contributed by atoms with Gasteiger partial charge in [-0.3, -0.25) is 4.79 Å². The average molecular weight is 264 g/mol. The molecule has 1 unspecified atom stereocenters. The van der Waals surface area contributed by atoms with E-state index in [2.05, 4.69) is 12.2 Å². The highest BCUT2D eigenvalue weighted by atomic mass is 16.5. The number of rotatable bonds is 7. The molecular weight excluding hydrogens is 240 g/mol. The van der Waals surface area contributed by atoms with Crippen molar-refractivity contribution in [3.63, 3.8) is 0 Å². The van der Waals surface area contributed by atoms with E-state index < -0.39 is 0 Å². The van der Waals surface area contributed by atoms with Crippen molar-refractivity contribution in [3.05, 3.63) is 29.8 Å². The van der Waals surface area contributed by atoms with Gasteiger partial charge in [-0.1, -0.05) is 19.1 Å². The number of benzene rings is 1. The number of nitrogens with one attached hydrogen (secondary N) is 1. The molecule has 0 aliphatic rings. The molecule has 0 radical (unpaired) electrons. The Bertz CT molecular complexity index is 407. The van der Waals surface area contributed by atoms with Crippen LogP contribution in [-0.2, 0) is 4.79 Å². The van der Waals surface area contributed by atoms with Gasteiger partial charge in [-0.2, -0.15) is 0 Å². The highest BCUT2D eigenvalue weighted by Gasteiger charge is 2.11. The molecule has 4 heteroatoms. The van der Waals surface area contributed by atoms with Crippen molar-refractivity contribution in [1.82, 2.24) is 5.32 Å². The summed E-state index contributed by atoms with van der Waals surface area (Å²) in [5.41, 5.74) is 6.58. The third kappa shape index (κ3) is 5.30. The first-order chi connectivity index (χ1) is 9.06. The van der Waals surface area contributed by atoms with E-state index >= 15 is 0 Å². The van der Waals surface area contributed by atoms with Crippen molar-refractivity contribution >= 4 is 5.91 Å². The normalized spacial score (nSPS) is 13.7. The van der Waals surface area contributed by atoms with E-state index in [9.17, 15) is 4.79 Å². The van der Waals surface area contributed by atoms with Gasteiger partial charge in [-0.25, -0.2) is 0 Å². The van der Waals surface area contributed by atoms with Gasteiger partial charge in [0.15, 0.2) is 0 Å². The van der Waals surface area contributed by atoms with Crippen molar-refractivity contribution < 1.29 is 9.53 Å². The lowest BCUT2D eigenvalue weighted by Gasteiger charge is -2.16. The first-order valence-electron chi connectivity index (χ1n) is 6.70. The number of amides is 1. The molecule has 2 atom stereocenters. The third-order valence-electron chi connectivity index (χ3n) is 3.24. The topological polar surface area (TPSA) is 64.3 Å². The molecule has 0 saturated heterocycles. The second-order valence-corrected chi connectivity index (χ2v) is 4.95. The van der Waals surface area contributed by atoms with Crippen LogP contribution >= 0.6 is 0 Å². The van der Waals surface area contributed by atoms with Crippen LogP contribution in [-0.4, -0.2) is 19.6 Å². The molecule has 3 N–H and O–H groups in total. The number of methoxy groups -OCH3 is 1. The van der Waals surface area contributed by atoms with Crippen molar-refractivity contribution in [3.8, 4) is 5.75 Å². The van der Waals surface area contributed by atoms with Crippen molar-refractivity contribution in [2.24, 2.45) is 11.7 Å². The van der Waals surface area contributed by atoms with E-state index in [1.165, 1.54) is 0 Å². The molecule has 0 aliphatic heterocycles. The van der Waals surface area contributed by atoms with Gasteiger partial charge in [0.25, 0.3) is 0 Å². The van der Waals surface area contributed by atoms with Crippen LogP contribution < -0.4 is 15.8 Å². The molecular formula is C15H24N2O2. The smallest absolute Gasteiger partial charge is 0.220 e. The summed E-state index contributed by atoms with van der Waals surface area (Å²) in [5, 5.41) is 2.99. The lowest BCUT2D eigenvalue weighted by atomic mass is 10.0. The fourth-order valence-electron chi connectivity index (χ4n) is 1.80. The largest absolute Gasteiger partial charge is 0.497 e. The average Bonchev–Trinajstić information content (AvgIpc) is 2.44. The third-order valence-corrected chi connectivity index (χ3v) is 3.24. The zero-order valence-corrected chi connectivity index (χ0v) is 12.0. The van der Waals surface area contributed by atoms with E-state index in [4.69, 9.17) is 10.5 Å². The Balaban J connectivity index is 2.49. The van der Waals surface area contributed by atoms with E-state index in [-0.39, 0.29) is 11.9 Å². The molecule has 1 rings (SSSR count). The maximum Gasteiger partial charge on any atom is 0.220 e. The summed E-state index contributed by atoms with van der Waals surface area (Å²) in [4.78, 5) is 11.8. The molecule has 19 heavy (non-hydrogen) atoms. The Labute approximate surface area is 115 Å². The molecule has 0 saturated carbocycles. The lowest BCUT2D eigenvalue weighted by Crippen LogP contribution is -2.27. The number of ether oxygens (including phenoxy) is 1. The summed E-state index contributed by atoms with van der Waals surface area (Å²) >= 11 is 0. The molecule has 0 heterocycles. The SMILES string of the molecule is COc1cccc([C@H](C)NC(=O)CCC(C)CN)c1. The monoisotopic (exact) mass is 264 g/mol. The van der Waals surface area contributed by atoms with Crippen LogP contribution in [0.3, 0.4) is 0 Å². The highest BCUT2D eigenvalue weighted by Crippen LogP contribution is 2.19. The van der Waals surface area contributed by atoms with Crippen LogP contribution in [0.2, 0.25) is 0 Å². The summed E-state index contributed by atoms with van der Waals surface area (Å²) in [6.07, 6.45) is 1.35. The Kier molecular flexibility index (Phi) is 6.36. The van der Waals surface area contributed by atoms with Gasteiger partial charge in [0, 0.05) is 6.42 Å². The van der Waals surface area contributed by atoms with Crippen molar-refractivity contribution in [2.45, 2.75) is 32.7 Å². The van der Waals surface area contributed by atoms with E-state index in [1.54, 1.807) is 7.11 Å². The van der Waals surface area contributed by atoms with Crippen LogP contribution in [0.1, 0.15) is 38.3 Å². The Morgan fingerprint density at radius 3 is 2.79 bits per heavy atom. The van der Waals surface area contributed by atoms with Gasteiger partial charge < -0.3 is 15.8 Å². The lowest BCUT2D eigenvalue weighted by molar-refractivity contribution is -0.122. The molecule has 0 aromatic heterocycles. The predicted octanol–water partition coefficient (Wildman–Crippen LogP) is 2.25. The Hall–Kier alpha value is -1.55. The molecule has 0 bridgehead atoms. The van der Waals surface area contributed by atoms with Crippen LogP contribution in [0.15, 0.2) is 24.3 Å². The molecule has 0 fully saturated rings. The molecule has 0 spiro atoms. The van der Waals surface area contributed by atoms with Gasteiger partial charge in [0.1, 0.15) is 5.75 Å². The Morgan fingerprint density at radius 1 is 1.42 bits per heavy atom. The molecule has 1 amide bonds. The molecule has 1 aromatic rings. The van der Waals surface area contributed by atoms with E-state index in [1.807, 2.05) is 31.2 Å².